The molecule has 0 spiro atoms. The second kappa shape index (κ2) is 5.63. The van der Waals surface area contributed by atoms with E-state index in [1.807, 2.05) is 12.1 Å². The Bertz CT molecular complexity index is 741. The molecule has 0 radical (unpaired) electrons. The van der Waals surface area contributed by atoms with Crippen LogP contribution in [0.5, 0.6) is 5.75 Å². The van der Waals surface area contributed by atoms with Crippen LogP contribution in [0.1, 0.15) is 49.9 Å². The lowest BCUT2D eigenvalue weighted by Crippen LogP contribution is -2.58. The Morgan fingerprint density at radius 2 is 1.92 bits per heavy atom. The fourth-order valence-corrected chi connectivity index (χ4v) is 5.04. The van der Waals surface area contributed by atoms with Gasteiger partial charge in [0.15, 0.2) is 0 Å². The maximum Gasteiger partial charge on any atom is 0.115 e. The number of phenols is 1. The first-order chi connectivity index (χ1) is 11.5. The van der Waals surface area contributed by atoms with Gasteiger partial charge in [-0.05, 0) is 66.5 Å². The third-order valence-electron chi connectivity index (χ3n) is 6.81. The average Bonchev–Trinajstić information content (AvgIpc) is 2.59. The highest BCUT2D eigenvalue weighted by atomic mass is 16.3. The highest BCUT2D eigenvalue weighted by molar-refractivity contribution is 5.44. The van der Waals surface area contributed by atoms with Crippen molar-refractivity contribution in [3.05, 3.63) is 65.2 Å². The summed E-state index contributed by atoms with van der Waals surface area (Å²) in [6, 6.07) is 17.9. The lowest BCUT2D eigenvalue weighted by Gasteiger charge is -2.56. The van der Waals surface area contributed by atoms with Crippen LogP contribution in [-0.2, 0) is 11.8 Å². The largest absolute Gasteiger partial charge is 0.508 e. The summed E-state index contributed by atoms with van der Waals surface area (Å²) >= 11 is 0. The summed E-state index contributed by atoms with van der Waals surface area (Å²) in [6.07, 6.45) is 2.24. The number of phenolic OH excluding ortho intramolecular Hbond substituents is 1. The van der Waals surface area contributed by atoms with Crippen molar-refractivity contribution in [1.82, 2.24) is 4.90 Å². The van der Waals surface area contributed by atoms with Crippen LogP contribution in [0.4, 0.5) is 0 Å². The molecule has 2 aromatic carbocycles. The van der Waals surface area contributed by atoms with Crippen molar-refractivity contribution >= 4 is 0 Å². The Morgan fingerprint density at radius 1 is 1.17 bits per heavy atom. The van der Waals surface area contributed by atoms with Crippen LogP contribution in [0.2, 0.25) is 0 Å². The lowest BCUT2D eigenvalue weighted by molar-refractivity contribution is 0.00554. The quantitative estimate of drug-likeness (QED) is 0.868. The molecule has 2 aromatic rings. The van der Waals surface area contributed by atoms with Gasteiger partial charge in [0.1, 0.15) is 5.75 Å². The maximum atomic E-state index is 9.96. The normalized spacial score (nSPS) is 30.6. The molecule has 2 bridgehead atoms. The fraction of sp³-hybridized carbons (Fsp3) is 0.455. The van der Waals surface area contributed by atoms with Gasteiger partial charge in [0.05, 0.1) is 0 Å². The molecule has 1 saturated heterocycles. The molecule has 4 atom stereocenters. The molecule has 1 heterocycles. The van der Waals surface area contributed by atoms with E-state index in [0.717, 1.165) is 19.4 Å². The molecular weight excluding hydrogens is 294 g/mol. The number of aromatic hydroxyl groups is 1. The molecule has 0 aromatic heterocycles. The predicted molar refractivity (Wildman–Crippen MR) is 98.3 cm³/mol. The minimum Gasteiger partial charge on any atom is -0.508 e. The Balaban J connectivity index is 1.71. The van der Waals surface area contributed by atoms with Crippen molar-refractivity contribution in [3.63, 3.8) is 0 Å². The van der Waals surface area contributed by atoms with Gasteiger partial charge in [0.2, 0.25) is 0 Å². The highest BCUT2D eigenvalue weighted by Gasteiger charge is 2.49. The molecule has 4 rings (SSSR count). The van der Waals surface area contributed by atoms with Crippen LogP contribution in [-0.4, -0.2) is 22.6 Å². The van der Waals surface area contributed by atoms with Crippen LogP contribution >= 0.6 is 0 Å². The minimum absolute atomic E-state index is 0.171. The van der Waals surface area contributed by atoms with Crippen LogP contribution in [0.3, 0.4) is 0 Å². The Labute approximate surface area is 145 Å². The number of likely N-dealkylation sites (tertiary alicyclic amines) is 1. The summed E-state index contributed by atoms with van der Waals surface area (Å²) in [4.78, 5) is 2.71. The number of rotatable bonds is 2. The molecule has 1 aliphatic heterocycles. The van der Waals surface area contributed by atoms with E-state index in [4.69, 9.17) is 0 Å². The smallest absolute Gasteiger partial charge is 0.115 e. The predicted octanol–water partition coefficient (Wildman–Crippen LogP) is 4.68. The Morgan fingerprint density at radius 3 is 2.67 bits per heavy atom. The fourth-order valence-electron chi connectivity index (χ4n) is 5.04. The van der Waals surface area contributed by atoms with Gasteiger partial charge in [-0.3, -0.25) is 4.90 Å². The molecule has 0 saturated carbocycles. The SMILES string of the molecule is C[C@@H]1[C@@H]2Cc3ccc(O)cc3[C@]1(C)CCN2[C@@H](C)c1ccccc1. The first-order valence-corrected chi connectivity index (χ1v) is 9.14. The van der Waals surface area contributed by atoms with E-state index in [1.54, 1.807) is 0 Å². The van der Waals surface area contributed by atoms with Gasteiger partial charge in [-0.25, -0.2) is 0 Å². The van der Waals surface area contributed by atoms with Gasteiger partial charge in [0, 0.05) is 12.1 Å². The number of benzene rings is 2. The molecule has 1 N–H and O–H groups in total. The summed E-state index contributed by atoms with van der Waals surface area (Å²) in [5.74, 6) is 0.993. The molecular formula is C22H27NO. The van der Waals surface area contributed by atoms with Gasteiger partial charge in [-0.15, -0.1) is 0 Å². The summed E-state index contributed by atoms with van der Waals surface area (Å²) in [7, 11) is 0. The molecule has 2 aliphatic rings. The molecule has 2 nitrogen and oxygen atoms in total. The van der Waals surface area contributed by atoms with Crippen molar-refractivity contribution in [2.24, 2.45) is 5.92 Å². The van der Waals surface area contributed by atoms with Gasteiger partial charge in [-0.2, -0.15) is 0 Å². The monoisotopic (exact) mass is 321 g/mol. The number of hydrogen-bond donors (Lipinski definition) is 1. The second-order valence-electron chi connectivity index (χ2n) is 7.89. The van der Waals surface area contributed by atoms with E-state index in [9.17, 15) is 5.11 Å². The van der Waals surface area contributed by atoms with E-state index in [1.165, 1.54) is 16.7 Å². The zero-order chi connectivity index (χ0) is 16.9. The number of nitrogens with zero attached hydrogens (tertiary/aromatic N) is 1. The standard InChI is InChI=1S/C22H27NO/c1-15-21-13-18-9-10-19(24)14-20(18)22(15,3)11-12-23(21)16(2)17-7-5-4-6-8-17/h4-10,14-16,21,24H,11-13H2,1-3H3/t15-,16+,21+,22-/m1/s1. The van der Waals surface area contributed by atoms with Crippen LogP contribution < -0.4 is 0 Å². The molecule has 126 valence electrons. The van der Waals surface area contributed by atoms with Gasteiger partial charge in [0.25, 0.3) is 0 Å². The molecule has 1 fully saturated rings. The van der Waals surface area contributed by atoms with Crippen molar-refractivity contribution in [1.29, 1.82) is 0 Å². The van der Waals surface area contributed by atoms with Crippen LogP contribution in [0, 0.1) is 5.92 Å². The van der Waals surface area contributed by atoms with E-state index in [0.29, 0.717) is 23.8 Å². The van der Waals surface area contributed by atoms with E-state index < -0.39 is 0 Å². The molecule has 0 amide bonds. The van der Waals surface area contributed by atoms with Crippen molar-refractivity contribution < 1.29 is 5.11 Å². The van der Waals surface area contributed by atoms with Crippen molar-refractivity contribution in [2.75, 3.05) is 6.54 Å². The number of piperidine rings is 1. The average molecular weight is 321 g/mol. The van der Waals surface area contributed by atoms with Gasteiger partial charge in [-0.1, -0.05) is 50.2 Å². The lowest BCUT2D eigenvalue weighted by atomic mass is 9.58. The van der Waals surface area contributed by atoms with Crippen molar-refractivity contribution in [3.8, 4) is 5.75 Å². The van der Waals surface area contributed by atoms with Gasteiger partial charge >= 0.3 is 0 Å². The summed E-state index contributed by atoms with van der Waals surface area (Å²) < 4.78 is 0. The maximum absolute atomic E-state index is 9.96. The molecule has 2 heteroatoms. The van der Waals surface area contributed by atoms with E-state index in [-0.39, 0.29) is 5.41 Å². The second-order valence-corrected chi connectivity index (χ2v) is 7.89. The van der Waals surface area contributed by atoms with Crippen LogP contribution in [0.15, 0.2) is 48.5 Å². The van der Waals surface area contributed by atoms with Crippen molar-refractivity contribution in [2.45, 2.75) is 51.1 Å². The first-order valence-electron chi connectivity index (χ1n) is 9.14. The molecule has 1 aliphatic carbocycles. The zero-order valence-corrected chi connectivity index (χ0v) is 14.9. The Hall–Kier alpha value is -1.80. The van der Waals surface area contributed by atoms with E-state index in [2.05, 4.69) is 62.1 Å². The third kappa shape index (κ3) is 2.28. The first kappa shape index (κ1) is 15.7. The summed E-state index contributed by atoms with van der Waals surface area (Å²) in [5.41, 5.74) is 4.37. The third-order valence-corrected chi connectivity index (χ3v) is 6.81. The number of hydrogen-bond acceptors (Lipinski definition) is 2. The summed E-state index contributed by atoms with van der Waals surface area (Å²) in [6.45, 7) is 8.27. The number of fused-ring (bicyclic) bond motifs is 4. The minimum atomic E-state index is 0.171. The van der Waals surface area contributed by atoms with Crippen LogP contribution in [0.25, 0.3) is 0 Å². The van der Waals surface area contributed by atoms with E-state index >= 15 is 0 Å². The zero-order valence-electron chi connectivity index (χ0n) is 14.9. The molecule has 0 unspecified atom stereocenters. The molecule has 24 heavy (non-hydrogen) atoms. The Kier molecular flexibility index (Phi) is 3.69. The topological polar surface area (TPSA) is 23.5 Å². The highest BCUT2D eigenvalue weighted by Crippen LogP contribution is 2.50. The summed E-state index contributed by atoms with van der Waals surface area (Å²) in [5, 5.41) is 9.96. The van der Waals surface area contributed by atoms with Gasteiger partial charge < -0.3 is 5.11 Å².